The van der Waals surface area contributed by atoms with E-state index in [1.54, 1.807) is 11.3 Å². The molecule has 2 heterocycles. The molecule has 0 spiro atoms. The Hall–Kier alpha value is -0.910. The molecule has 0 radical (unpaired) electrons. The van der Waals surface area contributed by atoms with E-state index >= 15 is 0 Å². The smallest absolute Gasteiger partial charge is 0.222 e. The van der Waals surface area contributed by atoms with Crippen molar-refractivity contribution in [1.82, 2.24) is 15.1 Å². The molecular weight excluding hydrogens is 294 g/mol. The average Bonchev–Trinajstić information content (AvgIpc) is 3.02. The molecule has 1 aliphatic rings. The first-order valence-electron chi connectivity index (χ1n) is 8.33. The Kier molecular flexibility index (Phi) is 6.41. The van der Waals surface area contributed by atoms with Gasteiger partial charge in [0.15, 0.2) is 0 Å². The van der Waals surface area contributed by atoms with Crippen LogP contribution in [0.5, 0.6) is 0 Å². The van der Waals surface area contributed by atoms with Crippen molar-refractivity contribution < 1.29 is 4.79 Å². The van der Waals surface area contributed by atoms with Gasteiger partial charge >= 0.3 is 0 Å². The molecule has 4 nitrogen and oxygen atoms in total. The highest BCUT2D eigenvalue weighted by molar-refractivity contribution is 7.10. The molecule has 2 rings (SSSR count). The van der Waals surface area contributed by atoms with Crippen molar-refractivity contribution >= 4 is 17.2 Å². The first-order chi connectivity index (χ1) is 10.5. The Morgan fingerprint density at radius 1 is 1.27 bits per heavy atom. The molecule has 5 heteroatoms. The van der Waals surface area contributed by atoms with Crippen LogP contribution in [0.1, 0.15) is 38.6 Å². The number of carbonyl (C=O) groups excluding carboxylic acids is 1. The average molecular weight is 324 g/mol. The molecule has 0 unspecified atom stereocenters. The lowest BCUT2D eigenvalue weighted by molar-refractivity contribution is -0.125. The normalized spacial score (nSPS) is 20.0. The summed E-state index contributed by atoms with van der Waals surface area (Å²) in [6.07, 6.45) is 0. The maximum atomic E-state index is 12.1. The molecule has 0 saturated carbocycles. The van der Waals surface area contributed by atoms with Crippen LogP contribution >= 0.6 is 11.3 Å². The molecule has 1 fully saturated rings. The molecule has 1 aliphatic heterocycles. The minimum atomic E-state index is 0.0309. The Labute approximate surface area is 138 Å². The van der Waals surface area contributed by atoms with E-state index in [0.29, 0.717) is 0 Å². The van der Waals surface area contributed by atoms with Crippen molar-refractivity contribution in [3.05, 3.63) is 22.4 Å². The molecule has 1 aromatic heterocycles. The Bertz CT molecular complexity index is 452. The largest absolute Gasteiger partial charge is 0.351 e. The van der Waals surface area contributed by atoms with Crippen LogP contribution in [0.3, 0.4) is 0 Å². The Morgan fingerprint density at radius 2 is 1.95 bits per heavy atom. The van der Waals surface area contributed by atoms with Gasteiger partial charge < -0.3 is 10.2 Å². The molecule has 1 N–H and O–H groups in total. The van der Waals surface area contributed by atoms with Gasteiger partial charge in [-0.3, -0.25) is 9.69 Å². The van der Waals surface area contributed by atoms with E-state index in [1.807, 2.05) is 13.8 Å². The van der Waals surface area contributed by atoms with E-state index in [9.17, 15) is 4.79 Å². The number of nitrogens with zero attached hydrogens (tertiary/aromatic N) is 2. The number of rotatable bonds is 6. The van der Waals surface area contributed by atoms with E-state index in [2.05, 4.69) is 46.5 Å². The number of amides is 1. The van der Waals surface area contributed by atoms with Crippen molar-refractivity contribution in [1.29, 1.82) is 0 Å². The van der Waals surface area contributed by atoms with Gasteiger partial charge in [0.2, 0.25) is 5.91 Å². The van der Waals surface area contributed by atoms with Crippen molar-refractivity contribution in [2.24, 2.45) is 5.92 Å². The number of hydrogen-bond acceptors (Lipinski definition) is 4. The summed E-state index contributed by atoms with van der Waals surface area (Å²) in [5.41, 5.74) is 0. The second-order valence-electron chi connectivity index (χ2n) is 6.38. The minimum absolute atomic E-state index is 0.0309. The fraction of sp³-hybridized carbons (Fsp3) is 0.706. The summed E-state index contributed by atoms with van der Waals surface area (Å²) < 4.78 is 0. The number of piperazine rings is 1. The zero-order valence-electron chi connectivity index (χ0n) is 14.2. The molecule has 0 bridgehead atoms. The SMILES string of the molecule is CCN1CCN([C@@H](c2cccs2)[C@@H](C)NC(=O)C(C)C)CC1. The first kappa shape index (κ1) is 17.4. The molecule has 124 valence electrons. The fourth-order valence-corrected chi connectivity index (χ4v) is 3.99. The summed E-state index contributed by atoms with van der Waals surface area (Å²) in [5.74, 6) is 0.171. The predicted molar refractivity (Wildman–Crippen MR) is 93.2 cm³/mol. The summed E-state index contributed by atoms with van der Waals surface area (Å²) in [6.45, 7) is 13.7. The standard InChI is InChI=1S/C17H29N3OS/c1-5-19-8-10-20(11-9-19)16(15-7-6-12-22-15)14(4)18-17(21)13(2)3/h6-7,12-14,16H,5,8-11H2,1-4H3,(H,18,21)/t14-,16-/m1/s1. The first-order valence-corrected chi connectivity index (χ1v) is 9.21. The minimum Gasteiger partial charge on any atom is -0.351 e. The zero-order chi connectivity index (χ0) is 16.1. The van der Waals surface area contributed by atoms with Crippen LogP contribution in [-0.2, 0) is 4.79 Å². The number of nitrogens with one attached hydrogen (secondary N) is 1. The van der Waals surface area contributed by atoms with Gasteiger partial charge in [-0.1, -0.05) is 26.8 Å². The van der Waals surface area contributed by atoms with Crippen molar-refractivity contribution in [2.75, 3.05) is 32.7 Å². The molecule has 2 atom stereocenters. The van der Waals surface area contributed by atoms with Crippen LogP contribution in [0.2, 0.25) is 0 Å². The van der Waals surface area contributed by atoms with Crippen molar-refractivity contribution in [3.8, 4) is 0 Å². The highest BCUT2D eigenvalue weighted by atomic mass is 32.1. The quantitative estimate of drug-likeness (QED) is 0.874. The van der Waals surface area contributed by atoms with Crippen LogP contribution in [0.15, 0.2) is 17.5 Å². The maximum absolute atomic E-state index is 12.1. The van der Waals surface area contributed by atoms with Gasteiger partial charge in [-0.15, -0.1) is 11.3 Å². The van der Waals surface area contributed by atoms with E-state index in [-0.39, 0.29) is 23.9 Å². The third-order valence-corrected chi connectivity index (χ3v) is 5.39. The second kappa shape index (κ2) is 8.09. The third-order valence-electron chi connectivity index (χ3n) is 4.45. The van der Waals surface area contributed by atoms with Crippen LogP contribution in [0.4, 0.5) is 0 Å². The topological polar surface area (TPSA) is 35.6 Å². The van der Waals surface area contributed by atoms with Gasteiger partial charge in [-0.2, -0.15) is 0 Å². The lowest BCUT2D eigenvalue weighted by Crippen LogP contribution is -2.52. The van der Waals surface area contributed by atoms with Gasteiger partial charge in [0, 0.05) is 43.0 Å². The van der Waals surface area contributed by atoms with E-state index < -0.39 is 0 Å². The Morgan fingerprint density at radius 3 is 2.45 bits per heavy atom. The summed E-state index contributed by atoms with van der Waals surface area (Å²) >= 11 is 1.79. The summed E-state index contributed by atoms with van der Waals surface area (Å²) in [4.78, 5) is 18.4. The van der Waals surface area contributed by atoms with Gasteiger partial charge in [0.25, 0.3) is 0 Å². The Balaban J connectivity index is 2.09. The predicted octanol–water partition coefficient (Wildman–Crippen LogP) is 2.59. The maximum Gasteiger partial charge on any atom is 0.222 e. The van der Waals surface area contributed by atoms with Gasteiger partial charge in [0.1, 0.15) is 0 Å². The van der Waals surface area contributed by atoms with Crippen molar-refractivity contribution in [3.63, 3.8) is 0 Å². The molecule has 1 saturated heterocycles. The summed E-state index contributed by atoms with van der Waals surface area (Å²) in [6, 6.07) is 4.70. The van der Waals surface area contributed by atoms with Crippen LogP contribution in [0, 0.1) is 5.92 Å². The highest BCUT2D eigenvalue weighted by Crippen LogP contribution is 2.29. The van der Waals surface area contributed by atoms with Crippen LogP contribution in [0.25, 0.3) is 0 Å². The van der Waals surface area contributed by atoms with E-state index in [4.69, 9.17) is 0 Å². The van der Waals surface area contributed by atoms with Crippen LogP contribution in [-0.4, -0.2) is 54.5 Å². The van der Waals surface area contributed by atoms with Gasteiger partial charge in [0.05, 0.1) is 6.04 Å². The lowest BCUT2D eigenvalue weighted by Gasteiger charge is -2.41. The summed E-state index contributed by atoms with van der Waals surface area (Å²) in [7, 11) is 0. The monoisotopic (exact) mass is 323 g/mol. The second-order valence-corrected chi connectivity index (χ2v) is 7.36. The molecule has 1 aromatic rings. The molecule has 1 amide bonds. The van der Waals surface area contributed by atoms with Crippen molar-refractivity contribution in [2.45, 2.75) is 39.8 Å². The van der Waals surface area contributed by atoms with E-state index in [1.165, 1.54) is 4.88 Å². The highest BCUT2D eigenvalue weighted by Gasteiger charge is 2.30. The van der Waals surface area contributed by atoms with E-state index in [0.717, 1.165) is 32.7 Å². The number of likely N-dealkylation sites (N-methyl/N-ethyl adjacent to an activating group) is 1. The number of carbonyl (C=O) groups is 1. The summed E-state index contributed by atoms with van der Waals surface area (Å²) in [5, 5.41) is 5.33. The molecule has 22 heavy (non-hydrogen) atoms. The zero-order valence-corrected chi connectivity index (χ0v) is 15.0. The number of hydrogen-bond donors (Lipinski definition) is 1. The molecular formula is C17H29N3OS. The van der Waals surface area contributed by atoms with Gasteiger partial charge in [-0.05, 0) is 24.9 Å². The third kappa shape index (κ3) is 4.31. The number of thiophene rings is 1. The van der Waals surface area contributed by atoms with Crippen LogP contribution < -0.4 is 5.32 Å². The fourth-order valence-electron chi connectivity index (χ4n) is 3.03. The molecule has 0 aliphatic carbocycles. The van der Waals surface area contributed by atoms with Gasteiger partial charge in [-0.25, -0.2) is 0 Å². The lowest BCUT2D eigenvalue weighted by atomic mass is 10.0. The molecule has 0 aromatic carbocycles.